The molecule has 108 valence electrons. The van der Waals surface area contributed by atoms with Gasteiger partial charge in [0.15, 0.2) is 0 Å². The fraction of sp³-hybridized carbons (Fsp3) is 0.0625. The third-order valence-corrected chi connectivity index (χ3v) is 3.60. The molecule has 0 saturated carbocycles. The average Bonchev–Trinajstić information content (AvgIpc) is 2.97. The summed E-state index contributed by atoms with van der Waals surface area (Å²) in [6.45, 7) is 0. The van der Waals surface area contributed by atoms with Crippen LogP contribution in [-0.4, -0.2) is 26.7 Å². The molecule has 0 aliphatic rings. The van der Waals surface area contributed by atoms with Crippen LogP contribution in [0.25, 0.3) is 27.5 Å². The molecule has 3 aromatic heterocycles. The summed E-state index contributed by atoms with van der Waals surface area (Å²) in [5, 5.41) is 5.26. The van der Waals surface area contributed by atoms with E-state index in [2.05, 4.69) is 21.1 Å². The third-order valence-electron chi connectivity index (χ3n) is 3.60. The van der Waals surface area contributed by atoms with Crippen molar-refractivity contribution in [1.29, 1.82) is 0 Å². The van der Waals surface area contributed by atoms with Crippen molar-refractivity contribution in [1.82, 2.24) is 19.6 Å². The molecule has 3 heterocycles. The van der Waals surface area contributed by atoms with Gasteiger partial charge in [-0.05, 0) is 29.8 Å². The van der Waals surface area contributed by atoms with Crippen LogP contribution in [0.2, 0.25) is 0 Å². The molecule has 2 N–H and O–H groups in total. The molecule has 0 unspecified atom stereocenters. The normalized spacial score (nSPS) is 11.1. The van der Waals surface area contributed by atoms with Gasteiger partial charge in [-0.1, -0.05) is 12.1 Å². The number of hydrogen-bond donors (Lipinski definition) is 1. The molecule has 0 amide bonds. The van der Waals surface area contributed by atoms with Crippen molar-refractivity contribution in [2.75, 3.05) is 12.8 Å². The first-order chi connectivity index (χ1) is 10.8. The zero-order valence-corrected chi connectivity index (χ0v) is 11.9. The summed E-state index contributed by atoms with van der Waals surface area (Å²) in [7, 11) is 1.57. The fourth-order valence-corrected chi connectivity index (χ4v) is 2.63. The summed E-state index contributed by atoms with van der Waals surface area (Å²) in [5.74, 6) is 0.632. The molecule has 4 aromatic rings. The van der Waals surface area contributed by atoms with E-state index in [-0.39, 0.29) is 5.95 Å². The van der Waals surface area contributed by atoms with E-state index < -0.39 is 0 Å². The van der Waals surface area contributed by atoms with Crippen molar-refractivity contribution in [3.63, 3.8) is 0 Å². The topological polar surface area (TPSA) is 78.3 Å². The van der Waals surface area contributed by atoms with Gasteiger partial charge in [0.25, 0.3) is 0 Å². The van der Waals surface area contributed by atoms with Crippen molar-refractivity contribution >= 4 is 22.4 Å². The highest BCUT2D eigenvalue weighted by Crippen LogP contribution is 2.32. The van der Waals surface area contributed by atoms with Crippen LogP contribution in [0.1, 0.15) is 0 Å². The van der Waals surface area contributed by atoms with Gasteiger partial charge in [-0.2, -0.15) is 4.98 Å². The summed E-state index contributed by atoms with van der Waals surface area (Å²) >= 11 is 0. The lowest BCUT2D eigenvalue weighted by atomic mass is 10.0. The predicted molar refractivity (Wildman–Crippen MR) is 84.7 cm³/mol. The molecular weight excluding hydrogens is 278 g/mol. The van der Waals surface area contributed by atoms with E-state index in [4.69, 9.17) is 10.5 Å². The molecule has 0 spiro atoms. The summed E-state index contributed by atoms with van der Waals surface area (Å²) in [5.41, 5.74) is 9.48. The highest BCUT2D eigenvalue weighted by Gasteiger charge is 2.14. The molecule has 0 aliphatic carbocycles. The molecule has 4 rings (SSSR count). The number of nitrogen functional groups attached to an aromatic ring is 1. The number of aromatic nitrogens is 4. The first-order valence-electron chi connectivity index (χ1n) is 6.80. The van der Waals surface area contributed by atoms with Gasteiger partial charge in [-0.25, -0.2) is 4.52 Å². The van der Waals surface area contributed by atoms with Gasteiger partial charge in [-0.3, -0.25) is 4.98 Å². The molecule has 0 fully saturated rings. The SMILES string of the molecule is COc1nc(N)nn2ccc(-c3ccc4ncccc4c3)c12. The second-order valence-corrected chi connectivity index (χ2v) is 4.91. The average molecular weight is 291 g/mol. The Labute approximate surface area is 126 Å². The number of methoxy groups -OCH3 is 1. The van der Waals surface area contributed by atoms with Crippen LogP contribution in [0.5, 0.6) is 5.88 Å². The fourth-order valence-electron chi connectivity index (χ4n) is 2.63. The van der Waals surface area contributed by atoms with E-state index in [1.165, 1.54) is 0 Å². The number of benzene rings is 1. The van der Waals surface area contributed by atoms with Gasteiger partial charge in [0, 0.05) is 23.3 Å². The van der Waals surface area contributed by atoms with Crippen LogP contribution in [0.15, 0.2) is 48.8 Å². The van der Waals surface area contributed by atoms with Crippen molar-refractivity contribution in [3.8, 4) is 17.0 Å². The minimum absolute atomic E-state index is 0.175. The van der Waals surface area contributed by atoms with Crippen molar-refractivity contribution < 1.29 is 4.74 Å². The molecule has 0 atom stereocenters. The largest absolute Gasteiger partial charge is 0.479 e. The predicted octanol–water partition coefficient (Wildman–Crippen LogP) is 2.54. The summed E-state index contributed by atoms with van der Waals surface area (Å²) in [4.78, 5) is 8.49. The molecule has 1 aromatic carbocycles. The summed E-state index contributed by atoms with van der Waals surface area (Å²) in [6.07, 6.45) is 3.63. The maximum atomic E-state index is 5.69. The second kappa shape index (κ2) is 4.70. The number of ether oxygens (including phenoxy) is 1. The van der Waals surface area contributed by atoms with E-state index in [0.29, 0.717) is 5.88 Å². The Bertz CT molecular complexity index is 992. The van der Waals surface area contributed by atoms with Crippen molar-refractivity contribution in [2.24, 2.45) is 0 Å². The molecule has 22 heavy (non-hydrogen) atoms. The Morgan fingerprint density at radius 1 is 1.18 bits per heavy atom. The Kier molecular flexibility index (Phi) is 2.69. The molecular formula is C16H13N5O. The zero-order chi connectivity index (χ0) is 15.1. The summed E-state index contributed by atoms with van der Waals surface area (Å²) in [6, 6.07) is 12.1. The number of pyridine rings is 1. The first-order valence-corrected chi connectivity index (χ1v) is 6.80. The van der Waals surface area contributed by atoms with E-state index in [1.807, 2.05) is 36.5 Å². The van der Waals surface area contributed by atoms with Gasteiger partial charge < -0.3 is 10.5 Å². The lowest BCUT2D eigenvalue weighted by Gasteiger charge is -2.07. The van der Waals surface area contributed by atoms with Crippen LogP contribution >= 0.6 is 0 Å². The summed E-state index contributed by atoms with van der Waals surface area (Å²) < 4.78 is 7.04. The van der Waals surface area contributed by atoms with Crippen LogP contribution in [0, 0.1) is 0 Å². The molecule has 6 nitrogen and oxygen atoms in total. The number of anilines is 1. The third kappa shape index (κ3) is 1.85. The van der Waals surface area contributed by atoms with Crippen molar-refractivity contribution in [3.05, 3.63) is 48.8 Å². The molecule has 0 bridgehead atoms. The van der Waals surface area contributed by atoms with Gasteiger partial charge >= 0.3 is 0 Å². The standard InChI is InChI=1S/C16H13N5O/c1-22-15-14-12(6-8-21(14)20-16(17)19-15)10-4-5-13-11(9-10)3-2-7-18-13/h2-9H,1H3,(H2,17,20). The van der Waals surface area contributed by atoms with E-state index in [1.54, 1.807) is 17.8 Å². The quantitative estimate of drug-likeness (QED) is 0.614. The van der Waals surface area contributed by atoms with Gasteiger partial charge in [0.1, 0.15) is 5.52 Å². The van der Waals surface area contributed by atoms with E-state index in [9.17, 15) is 0 Å². The van der Waals surface area contributed by atoms with Gasteiger partial charge in [0.2, 0.25) is 11.8 Å². The van der Waals surface area contributed by atoms with Crippen LogP contribution in [0.3, 0.4) is 0 Å². The smallest absolute Gasteiger partial charge is 0.243 e. The van der Waals surface area contributed by atoms with Gasteiger partial charge in [0.05, 0.1) is 12.6 Å². The van der Waals surface area contributed by atoms with Gasteiger partial charge in [-0.15, -0.1) is 5.10 Å². The molecule has 0 aliphatic heterocycles. The Hall–Kier alpha value is -3.15. The number of rotatable bonds is 2. The Morgan fingerprint density at radius 2 is 2.09 bits per heavy atom. The van der Waals surface area contributed by atoms with Crippen molar-refractivity contribution in [2.45, 2.75) is 0 Å². The van der Waals surface area contributed by atoms with Crippen LogP contribution in [0.4, 0.5) is 5.95 Å². The second-order valence-electron chi connectivity index (χ2n) is 4.91. The lowest BCUT2D eigenvalue weighted by Crippen LogP contribution is -2.03. The zero-order valence-electron chi connectivity index (χ0n) is 11.9. The number of nitrogens with two attached hydrogens (primary N) is 1. The monoisotopic (exact) mass is 291 g/mol. The Morgan fingerprint density at radius 3 is 2.95 bits per heavy atom. The van der Waals surface area contributed by atoms with Crippen LogP contribution in [-0.2, 0) is 0 Å². The molecule has 0 saturated heterocycles. The van der Waals surface area contributed by atoms with E-state index in [0.717, 1.165) is 27.5 Å². The van der Waals surface area contributed by atoms with Crippen LogP contribution < -0.4 is 10.5 Å². The first kappa shape index (κ1) is 12.6. The maximum Gasteiger partial charge on any atom is 0.243 e. The number of fused-ring (bicyclic) bond motifs is 2. The van der Waals surface area contributed by atoms with E-state index >= 15 is 0 Å². The minimum atomic E-state index is 0.175. The highest BCUT2D eigenvalue weighted by molar-refractivity contribution is 5.90. The number of nitrogens with zero attached hydrogens (tertiary/aromatic N) is 4. The molecule has 0 radical (unpaired) electrons. The number of hydrogen-bond acceptors (Lipinski definition) is 5. The maximum absolute atomic E-state index is 5.69. The lowest BCUT2D eigenvalue weighted by molar-refractivity contribution is 0.400. The Balaban J connectivity index is 1.99. The highest BCUT2D eigenvalue weighted by atomic mass is 16.5. The minimum Gasteiger partial charge on any atom is -0.479 e. The molecule has 6 heteroatoms.